The minimum Gasteiger partial charge on any atom is -0.475 e. The minimum absolute atomic E-state index is 0.207. The van der Waals surface area contributed by atoms with E-state index in [0.29, 0.717) is 13.1 Å². The van der Waals surface area contributed by atoms with Crippen LogP contribution in [-0.2, 0) is 11.3 Å². The Morgan fingerprint density at radius 1 is 1.06 bits per heavy atom. The second-order valence-corrected chi connectivity index (χ2v) is 7.39. The molecule has 0 atom stereocenters. The monoisotopic (exact) mass is 478 g/mol. The van der Waals surface area contributed by atoms with Crippen molar-refractivity contribution in [2.24, 2.45) is 0 Å². The number of para-hydroxylation sites is 1. The summed E-state index contributed by atoms with van der Waals surface area (Å²) in [6, 6.07) is 15.8. The summed E-state index contributed by atoms with van der Waals surface area (Å²) in [5.41, 5.74) is 3.05. The molecule has 1 aromatic heterocycles. The molecule has 12 heteroatoms. The number of carbonyl (C=O) groups is 2. The maximum atomic E-state index is 12.1. The average Bonchev–Trinajstić information content (AvgIpc) is 3.23. The number of alkyl halides is 3. The molecule has 1 fully saturated rings. The fraction of sp³-hybridized carbons (Fsp3) is 0.318. The second kappa shape index (κ2) is 11.4. The molecule has 3 aromatic rings. The number of benzene rings is 2. The number of amides is 2. The minimum atomic E-state index is -5.08. The van der Waals surface area contributed by atoms with E-state index < -0.39 is 12.1 Å². The number of halogens is 3. The van der Waals surface area contributed by atoms with Crippen LogP contribution in [0.3, 0.4) is 0 Å². The first-order valence-corrected chi connectivity index (χ1v) is 10.6. The fourth-order valence-corrected chi connectivity index (χ4v) is 3.33. The van der Waals surface area contributed by atoms with E-state index in [-0.39, 0.29) is 6.03 Å². The normalized spacial score (nSPS) is 13.7. The van der Waals surface area contributed by atoms with Crippen LogP contribution in [0.2, 0.25) is 0 Å². The molecule has 182 valence electrons. The maximum Gasteiger partial charge on any atom is 0.490 e. The molecule has 0 saturated carbocycles. The van der Waals surface area contributed by atoms with Gasteiger partial charge >= 0.3 is 18.2 Å². The van der Waals surface area contributed by atoms with Gasteiger partial charge in [-0.1, -0.05) is 18.2 Å². The van der Waals surface area contributed by atoms with Crippen molar-refractivity contribution < 1.29 is 27.9 Å². The Kier molecular flexibility index (Phi) is 8.30. The highest BCUT2D eigenvalue weighted by atomic mass is 19.4. The number of carboxylic acids is 1. The molecule has 0 bridgehead atoms. The number of carboxylic acid groups (broad SMARTS) is 1. The molecule has 0 aliphatic carbocycles. The highest BCUT2D eigenvalue weighted by Gasteiger charge is 2.38. The van der Waals surface area contributed by atoms with Crippen LogP contribution >= 0.6 is 0 Å². The Hall–Kier alpha value is -3.80. The van der Waals surface area contributed by atoms with Gasteiger partial charge in [0.1, 0.15) is 0 Å². The molecule has 2 amide bonds. The lowest BCUT2D eigenvalue weighted by Crippen LogP contribution is -2.43. The van der Waals surface area contributed by atoms with Gasteiger partial charge in [-0.05, 0) is 30.3 Å². The molecule has 1 aliphatic heterocycles. The highest BCUT2D eigenvalue weighted by molar-refractivity contribution is 5.89. The Morgan fingerprint density at radius 3 is 2.35 bits per heavy atom. The molecule has 4 N–H and O–H groups in total. The molecule has 1 aliphatic rings. The molecule has 1 saturated heterocycles. The topological polar surface area (TPSA) is 112 Å². The van der Waals surface area contributed by atoms with E-state index in [0.717, 1.165) is 42.8 Å². The lowest BCUT2D eigenvalue weighted by molar-refractivity contribution is -0.192. The van der Waals surface area contributed by atoms with Crippen LogP contribution < -0.4 is 20.9 Å². The van der Waals surface area contributed by atoms with Gasteiger partial charge in [0.25, 0.3) is 0 Å². The first-order chi connectivity index (χ1) is 16.2. The summed E-state index contributed by atoms with van der Waals surface area (Å²) in [6.07, 6.45) is -3.24. The van der Waals surface area contributed by atoms with E-state index in [2.05, 4.69) is 38.1 Å². The summed E-state index contributed by atoms with van der Waals surface area (Å²) >= 11 is 0. The maximum absolute atomic E-state index is 12.1. The van der Waals surface area contributed by atoms with Crippen molar-refractivity contribution in [2.75, 3.05) is 42.9 Å². The lowest BCUT2D eigenvalue weighted by atomic mass is 10.2. The lowest BCUT2D eigenvalue weighted by Gasteiger charge is -2.29. The summed E-state index contributed by atoms with van der Waals surface area (Å²) in [7, 11) is 0. The number of rotatable bonds is 5. The smallest absolute Gasteiger partial charge is 0.475 e. The fourth-order valence-electron chi connectivity index (χ4n) is 3.33. The van der Waals surface area contributed by atoms with Gasteiger partial charge in [0, 0.05) is 49.5 Å². The summed E-state index contributed by atoms with van der Waals surface area (Å²) in [5.74, 6) is -2.76. The Bertz CT molecular complexity index is 1100. The number of hydrogen-bond acceptors (Lipinski definition) is 5. The molecule has 9 nitrogen and oxygen atoms in total. The van der Waals surface area contributed by atoms with Crippen molar-refractivity contribution in [3.8, 4) is 0 Å². The molecular weight excluding hydrogens is 453 g/mol. The van der Waals surface area contributed by atoms with Crippen LogP contribution in [0.15, 0.2) is 54.7 Å². The number of carbonyl (C=O) groups excluding carboxylic acids is 1. The third-order valence-corrected chi connectivity index (χ3v) is 5.01. The molecular formula is C22H25F3N6O3. The zero-order valence-electron chi connectivity index (χ0n) is 18.2. The SMILES string of the molecule is O=C(NCCn1ncc2ccccc21)Nc1ccc(N2CCNCC2)cc1.O=C(O)C(F)(F)F. The van der Waals surface area contributed by atoms with E-state index in [1.54, 1.807) is 0 Å². The molecule has 0 radical (unpaired) electrons. The van der Waals surface area contributed by atoms with Crippen molar-refractivity contribution in [1.29, 1.82) is 0 Å². The molecule has 0 spiro atoms. The summed E-state index contributed by atoms with van der Waals surface area (Å²) in [5, 5.41) is 21.7. The van der Waals surface area contributed by atoms with Gasteiger partial charge in [0.15, 0.2) is 0 Å². The number of aliphatic carboxylic acids is 1. The number of nitrogens with one attached hydrogen (secondary N) is 3. The van der Waals surface area contributed by atoms with Crippen molar-refractivity contribution >= 4 is 34.3 Å². The quantitative estimate of drug-likeness (QED) is 0.449. The third kappa shape index (κ3) is 7.10. The van der Waals surface area contributed by atoms with Crippen LogP contribution in [0, 0.1) is 0 Å². The number of fused-ring (bicyclic) bond motifs is 1. The molecule has 0 unspecified atom stereocenters. The van der Waals surface area contributed by atoms with Crippen LogP contribution in [-0.4, -0.2) is 65.8 Å². The zero-order valence-corrected chi connectivity index (χ0v) is 18.2. The molecule has 4 rings (SSSR count). The van der Waals surface area contributed by atoms with Crippen LogP contribution in [0.25, 0.3) is 10.9 Å². The van der Waals surface area contributed by atoms with Gasteiger partial charge in [0.05, 0.1) is 18.3 Å². The van der Waals surface area contributed by atoms with Gasteiger partial charge in [0.2, 0.25) is 0 Å². The average molecular weight is 478 g/mol. The zero-order chi connectivity index (χ0) is 24.6. The van der Waals surface area contributed by atoms with Crippen LogP contribution in [0.5, 0.6) is 0 Å². The van der Waals surface area contributed by atoms with Gasteiger partial charge in [-0.2, -0.15) is 18.3 Å². The van der Waals surface area contributed by atoms with Crippen molar-refractivity contribution in [2.45, 2.75) is 12.7 Å². The van der Waals surface area contributed by atoms with E-state index >= 15 is 0 Å². The number of nitrogens with zero attached hydrogens (tertiary/aromatic N) is 3. The molecule has 34 heavy (non-hydrogen) atoms. The second-order valence-electron chi connectivity index (χ2n) is 7.39. The van der Waals surface area contributed by atoms with Gasteiger partial charge in [-0.3, -0.25) is 4.68 Å². The van der Waals surface area contributed by atoms with Gasteiger partial charge in [-0.25, -0.2) is 9.59 Å². The van der Waals surface area contributed by atoms with Gasteiger partial charge < -0.3 is 26.0 Å². The summed E-state index contributed by atoms with van der Waals surface area (Å²) in [4.78, 5) is 23.4. The Morgan fingerprint density at radius 2 is 1.71 bits per heavy atom. The third-order valence-electron chi connectivity index (χ3n) is 5.01. The molecule has 2 aromatic carbocycles. The first-order valence-electron chi connectivity index (χ1n) is 10.6. The summed E-state index contributed by atoms with van der Waals surface area (Å²) < 4.78 is 33.6. The standard InChI is InChI=1S/C20H24N6O.C2HF3O2/c27-20(22-11-14-26-19-4-2-1-3-16(19)15-23-26)24-17-5-7-18(8-6-17)25-12-9-21-10-13-25;3-2(4,5)1(6)7/h1-8,15,21H,9-14H2,(H2,22,24,27);(H,6,7). The van der Waals surface area contributed by atoms with E-state index in [1.807, 2.05) is 47.3 Å². The Labute approximate surface area is 193 Å². The number of anilines is 2. The largest absolute Gasteiger partial charge is 0.490 e. The predicted octanol–water partition coefficient (Wildman–Crippen LogP) is 2.90. The van der Waals surface area contributed by atoms with Crippen LogP contribution in [0.4, 0.5) is 29.3 Å². The number of piperazine rings is 1. The Balaban J connectivity index is 0.000000406. The van der Waals surface area contributed by atoms with Crippen molar-refractivity contribution in [1.82, 2.24) is 20.4 Å². The van der Waals surface area contributed by atoms with Crippen LogP contribution in [0.1, 0.15) is 0 Å². The van der Waals surface area contributed by atoms with E-state index in [9.17, 15) is 18.0 Å². The van der Waals surface area contributed by atoms with E-state index in [1.165, 1.54) is 5.69 Å². The summed E-state index contributed by atoms with van der Waals surface area (Å²) in [6.45, 7) is 5.17. The first kappa shape index (κ1) is 24.8. The number of hydrogen-bond donors (Lipinski definition) is 4. The van der Waals surface area contributed by atoms with Crippen molar-refractivity contribution in [3.05, 3.63) is 54.7 Å². The van der Waals surface area contributed by atoms with Gasteiger partial charge in [-0.15, -0.1) is 0 Å². The number of aromatic nitrogens is 2. The molecule has 2 heterocycles. The van der Waals surface area contributed by atoms with E-state index in [4.69, 9.17) is 9.90 Å². The predicted molar refractivity (Wildman–Crippen MR) is 122 cm³/mol. The van der Waals surface area contributed by atoms with Crippen molar-refractivity contribution in [3.63, 3.8) is 0 Å². The number of urea groups is 1. The highest BCUT2D eigenvalue weighted by Crippen LogP contribution is 2.18.